The number of pyridine rings is 1. The molecule has 2 heterocycles. The summed E-state index contributed by atoms with van der Waals surface area (Å²) in [6.45, 7) is 2.00. The van der Waals surface area contributed by atoms with Crippen molar-refractivity contribution in [2.24, 2.45) is 0 Å². The van der Waals surface area contributed by atoms with Crippen LogP contribution in [0.25, 0.3) is 11.4 Å². The molecule has 0 spiro atoms. The molecule has 0 saturated carbocycles. The lowest BCUT2D eigenvalue weighted by atomic mass is 10.2. The first-order chi connectivity index (χ1) is 6.27. The number of aryl methyl sites for hydroxylation is 1. The van der Waals surface area contributed by atoms with Crippen LogP contribution in [0.1, 0.15) is 5.56 Å². The van der Waals surface area contributed by atoms with Gasteiger partial charge in [0.15, 0.2) is 5.95 Å². The molecule has 0 fully saturated rings. The van der Waals surface area contributed by atoms with E-state index in [-0.39, 0.29) is 0 Å². The number of rotatable bonds is 1. The average Bonchev–Trinajstić information content (AvgIpc) is 2.53. The van der Waals surface area contributed by atoms with E-state index in [9.17, 15) is 0 Å². The molecule has 0 aromatic carbocycles. The minimum Gasteiger partial charge on any atom is -0.369 e. The minimum atomic E-state index is 0.417. The highest BCUT2D eigenvalue weighted by Crippen LogP contribution is 2.18. The lowest BCUT2D eigenvalue weighted by molar-refractivity contribution is 1.24. The number of anilines is 1. The standard InChI is InChI=1S/C9H10N4/c1-6-3-2-4-11-8(6)7-5-12-9(10)13-7/h2-5H,1H3,(H3,10,12,13). The van der Waals surface area contributed by atoms with Gasteiger partial charge in [0.05, 0.1) is 17.6 Å². The van der Waals surface area contributed by atoms with Gasteiger partial charge in [0.1, 0.15) is 0 Å². The Kier molecular flexibility index (Phi) is 1.73. The second-order valence-corrected chi connectivity index (χ2v) is 2.85. The molecular weight excluding hydrogens is 164 g/mol. The van der Waals surface area contributed by atoms with Crippen LogP contribution in [0.15, 0.2) is 24.5 Å². The van der Waals surface area contributed by atoms with Crippen molar-refractivity contribution in [3.8, 4) is 11.4 Å². The number of aromatic nitrogens is 3. The molecule has 13 heavy (non-hydrogen) atoms. The van der Waals surface area contributed by atoms with E-state index in [1.165, 1.54) is 0 Å². The maximum Gasteiger partial charge on any atom is 0.197 e. The molecule has 3 N–H and O–H groups in total. The number of hydrogen-bond donors (Lipinski definition) is 2. The maximum absolute atomic E-state index is 5.47. The van der Waals surface area contributed by atoms with Crippen molar-refractivity contribution < 1.29 is 0 Å². The maximum atomic E-state index is 5.47. The van der Waals surface area contributed by atoms with Gasteiger partial charge >= 0.3 is 0 Å². The molecule has 4 heteroatoms. The topological polar surface area (TPSA) is 67.6 Å². The van der Waals surface area contributed by atoms with Gasteiger partial charge in [0.25, 0.3) is 0 Å². The molecule has 0 radical (unpaired) electrons. The van der Waals surface area contributed by atoms with Crippen molar-refractivity contribution in [3.05, 3.63) is 30.1 Å². The third-order valence-electron chi connectivity index (χ3n) is 1.86. The van der Waals surface area contributed by atoms with Crippen molar-refractivity contribution >= 4 is 5.95 Å². The van der Waals surface area contributed by atoms with Crippen LogP contribution in [0, 0.1) is 6.92 Å². The van der Waals surface area contributed by atoms with E-state index in [1.807, 2.05) is 19.1 Å². The van der Waals surface area contributed by atoms with Gasteiger partial charge in [-0.3, -0.25) is 4.98 Å². The molecule has 0 saturated heterocycles. The summed E-state index contributed by atoms with van der Waals surface area (Å²) in [5, 5.41) is 0. The van der Waals surface area contributed by atoms with E-state index in [4.69, 9.17) is 5.73 Å². The van der Waals surface area contributed by atoms with E-state index < -0.39 is 0 Å². The summed E-state index contributed by atoms with van der Waals surface area (Å²) in [5.74, 6) is 0.417. The first-order valence-electron chi connectivity index (χ1n) is 4.00. The Bertz CT molecular complexity index is 419. The first kappa shape index (κ1) is 7.79. The van der Waals surface area contributed by atoms with E-state index in [0.29, 0.717) is 5.95 Å². The summed E-state index contributed by atoms with van der Waals surface area (Å²) >= 11 is 0. The van der Waals surface area contributed by atoms with E-state index >= 15 is 0 Å². The van der Waals surface area contributed by atoms with Gasteiger partial charge in [-0.05, 0) is 18.6 Å². The van der Waals surface area contributed by atoms with Crippen LogP contribution in [0.3, 0.4) is 0 Å². The lowest BCUT2D eigenvalue weighted by Crippen LogP contribution is -1.88. The highest BCUT2D eigenvalue weighted by Gasteiger charge is 2.04. The number of nitrogens with one attached hydrogen (secondary N) is 1. The summed E-state index contributed by atoms with van der Waals surface area (Å²) in [6, 6.07) is 3.90. The molecule has 0 unspecified atom stereocenters. The fraction of sp³-hybridized carbons (Fsp3) is 0.111. The van der Waals surface area contributed by atoms with Crippen LogP contribution >= 0.6 is 0 Å². The second kappa shape index (κ2) is 2.90. The summed E-state index contributed by atoms with van der Waals surface area (Å²) in [7, 11) is 0. The minimum absolute atomic E-state index is 0.417. The molecule has 2 aromatic heterocycles. The number of nitrogens with zero attached hydrogens (tertiary/aromatic N) is 2. The Balaban J connectivity index is 2.52. The van der Waals surface area contributed by atoms with Crippen molar-refractivity contribution in [3.63, 3.8) is 0 Å². The van der Waals surface area contributed by atoms with Gasteiger partial charge in [-0.25, -0.2) is 4.98 Å². The Hall–Kier alpha value is -1.84. The van der Waals surface area contributed by atoms with Crippen LogP contribution in [0.4, 0.5) is 5.95 Å². The number of hydrogen-bond acceptors (Lipinski definition) is 3. The van der Waals surface area contributed by atoms with E-state index in [0.717, 1.165) is 17.0 Å². The summed E-state index contributed by atoms with van der Waals surface area (Å²) in [4.78, 5) is 11.1. The van der Waals surface area contributed by atoms with Crippen molar-refractivity contribution in [2.45, 2.75) is 6.92 Å². The Morgan fingerprint density at radius 1 is 1.38 bits per heavy atom. The first-order valence-corrected chi connectivity index (χ1v) is 4.00. The van der Waals surface area contributed by atoms with Gasteiger partial charge < -0.3 is 10.7 Å². The SMILES string of the molecule is Cc1cccnc1-c1cnc(N)[nH]1. The van der Waals surface area contributed by atoms with Gasteiger partial charge in [-0.2, -0.15) is 0 Å². The average molecular weight is 174 g/mol. The predicted molar refractivity (Wildman–Crippen MR) is 51.0 cm³/mol. The predicted octanol–water partition coefficient (Wildman–Crippen LogP) is 1.36. The molecule has 2 aromatic rings. The van der Waals surface area contributed by atoms with Gasteiger partial charge in [0, 0.05) is 6.20 Å². The Labute approximate surface area is 75.8 Å². The summed E-state index contributed by atoms with van der Waals surface area (Å²) < 4.78 is 0. The highest BCUT2D eigenvalue weighted by atomic mass is 15.0. The van der Waals surface area contributed by atoms with Gasteiger partial charge in [-0.1, -0.05) is 6.07 Å². The lowest BCUT2D eigenvalue weighted by Gasteiger charge is -1.99. The quantitative estimate of drug-likeness (QED) is 0.686. The molecule has 4 nitrogen and oxygen atoms in total. The fourth-order valence-corrected chi connectivity index (χ4v) is 1.22. The highest BCUT2D eigenvalue weighted by molar-refractivity contribution is 5.58. The number of H-pyrrole nitrogens is 1. The molecule has 0 atom stereocenters. The van der Waals surface area contributed by atoms with Crippen molar-refractivity contribution in [1.29, 1.82) is 0 Å². The smallest absolute Gasteiger partial charge is 0.197 e. The molecular formula is C9H10N4. The number of nitrogen functional groups attached to an aromatic ring is 1. The van der Waals surface area contributed by atoms with Crippen LogP contribution in [-0.2, 0) is 0 Å². The van der Waals surface area contributed by atoms with E-state index in [2.05, 4.69) is 15.0 Å². The normalized spacial score (nSPS) is 10.2. The Morgan fingerprint density at radius 2 is 2.23 bits per heavy atom. The van der Waals surface area contributed by atoms with Crippen LogP contribution in [0.2, 0.25) is 0 Å². The number of imidazole rings is 1. The van der Waals surface area contributed by atoms with Gasteiger partial charge in [-0.15, -0.1) is 0 Å². The van der Waals surface area contributed by atoms with Crippen LogP contribution < -0.4 is 5.73 Å². The van der Waals surface area contributed by atoms with Crippen molar-refractivity contribution in [1.82, 2.24) is 15.0 Å². The van der Waals surface area contributed by atoms with Gasteiger partial charge in [0.2, 0.25) is 0 Å². The van der Waals surface area contributed by atoms with Crippen molar-refractivity contribution in [2.75, 3.05) is 5.73 Å². The zero-order valence-corrected chi connectivity index (χ0v) is 7.28. The molecule has 0 amide bonds. The fourth-order valence-electron chi connectivity index (χ4n) is 1.22. The van der Waals surface area contributed by atoms with Crippen LogP contribution in [0.5, 0.6) is 0 Å². The summed E-state index contributed by atoms with van der Waals surface area (Å²) in [5.41, 5.74) is 8.33. The zero-order valence-electron chi connectivity index (χ0n) is 7.28. The monoisotopic (exact) mass is 174 g/mol. The van der Waals surface area contributed by atoms with Crippen LogP contribution in [-0.4, -0.2) is 15.0 Å². The molecule has 0 aliphatic rings. The molecule has 2 rings (SSSR count). The molecule has 0 aliphatic heterocycles. The molecule has 0 aliphatic carbocycles. The Morgan fingerprint density at radius 3 is 2.85 bits per heavy atom. The van der Waals surface area contributed by atoms with E-state index in [1.54, 1.807) is 12.4 Å². The molecule has 66 valence electrons. The largest absolute Gasteiger partial charge is 0.369 e. The number of nitrogens with two attached hydrogens (primary N) is 1. The molecule has 0 bridgehead atoms. The second-order valence-electron chi connectivity index (χ2n) is 2.85. The third-order valence-corrected chi connectivity index (χ3v) is 1.86. The number of aromatic amines is 1. The summed E-state index contributed by atoms with van der Waals surface area (Å²) in [6.07, 6.45) is 3.43. The zero-order chi connectivity index (χ0) is 9.26. The third kappa shape index (κ3) is 1.38.